The molecule has 0 N–H and O–H groups in total. The Hall–Kier alpha value is -2.77. The van der Waals surface area contributed by atoms with Gasteiger partial charge in [0.25, 0.3) is 5.91 Å². The van der Waals surface area contributed by atoms with E-state index in [1.807, 2.05) is 29.2 Å². The molecule has 0 radical (unpaired) electrons. The highest BCUT2D eigenvalue weighted by Gasteiger charge is 2.24. The molecule has 1 saturated heterocycles. The molecule has 0 aliphatic carbocycles. The number of carbonyl (C=O) groups is 1. The largest absolute Gasteiger partial charge is 0.493 e. The van der Waals surface area contributed by atoms with Crippen molar-refractivity contribution in [3.63, 3.8) is 0 Å². The van der Waals surface area contributed by atoms with Gasteiger partial charge in [-0.1, -0.05) is 32.0 Å². The normalized spacial score (nSPS) is 14.4. The lowest BCUT2D eigenvalue weighted by atomic mass is 10.1. The third-order valence-electron chi connectivity index (χ3n) is 6.34. The Morgan fingerprint density at radius 3 is 2.03 bits per heavy atom. The van der Waals surface area contributed by atoms with Crippen LogP contribution >= 0.6 is 0 Å². The van der Waals surface area contributed by atoms with Crippen molar-refractivity contribution in [3.8, 4) is 17.2 Å². The van der Waals surface area contributed by atoms with E-state index in [2.05, 4.69) is 35.8 Å². The first-order chi connectivity index (χ1) is 16.0. The van der Waals surface area contributed by atoms with Gasteiger partial charge in [-0.2, -0.15) is 0 Å². The van der Waals surface area contributed by atoms with Gasteiger partial charge in [-0.3, -0.25) is 14.6 Å². The Morgan fingerprint density at radius 1 is 0.848 bits per heavy atom. The first kappa shape index (κ1) is 24.9. The third-order valence-corrected chi connectivity index (χ3v) is 6.34. The number of piperazine rings is 1. The first-order valence-corrected chi connectivity index (χ1v) is 11.6. The topological polar surface area (TPSA) is 54.5 Å². The number of rotatable bonds is 10. The van der Waals surface area contributed by atoms with Crippen LogP contribution in [-0.4, -0.2) is 81.2 Å². The first-order valence-electron chi connectivity index (χ1n) is 11.6. The molecule has 2 aromatic rings. The standard InChI is InChI=1S/C26H37N3O4/c1-6-27(7-2)18-20-8-10-21(11-9-20)26(30)29-16-14-28(15-17-29)19-22-12-13-23(31-3)25(33-5)24(22)32-4/h8-13H,6-7,14-19H2,1-5H3. The summed E-state index contributed by atoms with van der Waals surface area (Å²) in [5.41, 5.74) is 3.04. The van der Waals surface area contributed by atoms with Gasteiger partial charge in [-0.05, 0) is 36.9 Å². The van der Waals surface area contributed by atoms with Crippen molar-refractivity contribution in [3.05, 3.63) is 53.1 Å². The quantitative estimate of drug-likeness (QED) is 0.547. The van der Waals surface area contributed by atoms with Crippen LogP contribution in [0, 0.1) is 0 Å². The van der Waals surface area contributed by atoms with E-state index in [4.69, 9.17) is 14.2 Å². The number of nitrogens with zero attached hydrogens (tertiary/aromatic N) is 3. The summed E-state index contributed by atoms with van der Waals surface area (Å²) >= 11 is 0. The Morgan fingerprint density at radius 2 is 1.48 bits per heavy atom. The molecule has 0 atom stereocenters. The summed E-state index contributed by atoms with van der Waals surface area (Å²) in [4.78, 5) is 19.7. The zero-order chi connectivity index (χ0) is 23.8. The monoisotopic (exact) mass is 455 g/mol. The lowest BCUT2D eigenvalue weighted by Gasteiger charge is -2.35. The number of benzene rings is 2. The van der Waals surface area contributed by atoms with Crippen LogP contribution < -0.4 is 14.2 Å². The fraction of sp³-hybridized carbons (Fsp3) is 0.500. The lowest BCUT2D eigenvalue weighted by Crippen LogP contribution is -2.48. The molecule has 0 saturated carbocycles. The average molecular weight is 456 g/mol. The number of hydrogen-bond acceptors (Lipinski definition) is 6. The molecule has 1 amide bonds. The van der Waals surface area contributed by atoms with E-state index in [0.717, 1.165) is 50.4 Å². The summed E-state index contributed by atoms with van der Waals surface area (Å²) < 4.78 is 16.5. The predicted molar refractivity (Wildman–Crippen MR) is 130 cm³/mol. The zero-order valence-corrected chi connectivity index (χ0v) is 20.6. The smallest absolute Gasteiger partial charge is 0.253 e. The average Bonchev–Trinajstić information content (AvgIpc) is 2.87. The maximum atomic E-state index is 13.0. The molecule has 1 heterocycles. The molecule has 7 heteroatoms. The summed E-state index contributed by atoms with van der Waals surface area (Å²) in [5.74, 6) is 2.06. The highest BCUT2D eigenvalue weighted by molar-refractivity contribution is 5.94. The Balaban J connectivity index is 1.58. The fourth-order valence-corrected chi connectivity index (χ4v) is 4.28. The van der Waals surface area contributed by atoms with E-state index in [-0.39, 0.29) is 5.91 Å². The van der Waals surface area contributed by atoms with Gasteiger partial charge in [0.15, 0.2) is 11.5 Å². The van der Waals surface area contributed by atoms with E-state index < -0.39 is 0 Å². The molecular weight excluding hydrogens is 418 g/mol. The van der Waals surface area contributed by atoms with Crippen LogP contribution in [0.4, 0.5) is 0 Å². The van der Waals surface area contributed by atoms with Gasteiger partial charge in [-0.25, -0.2) is 0 Å². The van der Waals surface area contributed by atoms with E-state index >= 15 is 0 Å². The van der Waals surface area contributed by atoms with Crippen LogP contribution in [0.5, 0.6) is 17.2 Å². The van der Waals surface area contributed by atoms with Crippen molar-refractivity contribution in [2.24, 2.45) is 0 Å². The minimum atomic E-state index is 0.104. The molecule has 0 spiro atoms. The maximum absolute atomic E-state index is 13.0. The molecule has 1 aliphatic rings. The molecule has 7 nitrogen and oxygen atoms in total. The molecule has 0 bridgehead atoms. The molecular formula is C26H37N3O4. The van der Waals surface area contributed by atoms with Crippen LogP contribution in [0.25, 0.3) is 0 Å². The van der Waals surface area contributed by atoms with Crippen molar-refractivity contribution in [2.45, 2.75) is 26.9 Å². The molecule has 3 rings (SSSR count). The summed E-state index contributed by atoms with van der Waals surface area (Å²) in [6.07, 6.45) is 0. The summed E-state index contributed by atoms with van der Waals surface area (Å²) in [5, 5.41) is 0. The Kier molecular flexibility index (Phi) is 8.97. The van der Waals surface area contributed by atoms with E-state index in [1.54, 1.807) is 21.3 Å². The molecule has 33 heavy (non-hydrogen) atoms. The van der Waals surface area contributed by atoms with Gasteiger partial charge in [-0.15, -0.1) is 0 Å². The van der Waals surface area contributed by atoms with Crippen molar-refractivity contribution in [2.75, 3.05) is 60.6 Å². The van der Waals surface area contributed by atoms with Gasteiger partial charge >= 0.3 is 0 Å². The lowest BCUT2D eigenvalue weighted by molar-refractivity contribution is 0.0627. The van der Waals surface area contributed by atoms with Crippen LogP contribution in [0.15, 0.2) is 36.4 Å². The number of methoxy groups -OCH3 is 3. The van der Waals surface area contributed by atoms with Gasteiger partial charge in [0.2, 0.25) is 5.75 Å². The molecule has 0 unspecified atom stereocenters. The van der Waals surface area contributed by atoms with Crippen LogP contribution in [0.1, 0.15) is 35.3 Å². The molecule has 0 aromatic heterocycles. The zero-order valence-electron chi connectivity index (χ0n) is 20.6. The SMILES string of the molecule is CCN(CC)Cc1ccc(C(=O)N2CCN(Cc3ccc(OC)c(OC)c3OC)CC2)cc1. The molecule has 1 fully saturated rings. The van der Waals surface area contributed by atoms with Gasteiger partial charge in [0, 0.05) is 50.4 Å². The second-order valence-electron chi connectivity index (χ2n) is 8.22. The number of amides is 1. The molecule has 2 aromatic carbocycles. The van der Waals surface area contributed by atoms with Crippen molar-refractivity contribution in [1.29, 1.82) is 0 Å². The molecule has 1 aliphatic heterocycles. The van der Waals surface area contributed by atoms with Gasteiger partial charge in [0.1, 0.15) is 0 Å². The second kappa shape index (κ2) is 11.9. The van der Waals surface area contributed by atoms with Gasteiger partial charge < -0.3 is 19.1 Å². The highest BCUT2D eigenvalue weighted by Crippen LogP contribution is 2.40. The fourth-order valence-electron chi connectivity index (χ4n) is 4.28. The van der Waals surface area contributed by atoms with E-state index in [1.165, 1.54) is 5.56 Å². The summed E-state index contributed by atoms with van der Waals surface area (Å²) in [7, 11) is 4.88. The number of hydrogen-bond donors (Lipinski definition) is 0. The predicted octanol–water partition coefficient (Wildman–Crippen LogP) is 3.51. The van der Waals surface area contributed by atoms with E-state index in [9.17, 15) is 4.79 Å². The maximum Gasteiger partial charge on any atom is 0.253 e. The van der Waals surface area contributed by atoms with Gasteiger partial charge in [0.05, 0.1) is 21.3 Å². The minimum Gasteiger partial charge on any atom is -0.493 e. The summed E-state index contributed by atoms with van der Waals surface area (Å²) in [6.45, 7) is 11.1. The van der Waals surface area contributed by atoms with Crippen LogP contribution in [-0.2, 0) is 13.1 Å². The van der Waals surface area contributed by atoms with E-state index in [0.29, 0.717) is 30.3 Å². The molecule has 180 valence electrons. The van der Waals surface area contributed by atoms with Crippen molar-refractivity contribution >= 4 is 5.91 Å². The summed E-state index contributed by atoms with van der Waals surface area (Å²) in [6, 6.07) is 12.0. The number of ether oxygens (including phenoxy) is 3. The van der Waals surface area contributed by atoms with Crippen LogP contribution in [0.2, 0.25) is 0 Å². The third kappa shape index (κ3) is 5.97. The van der Waals surface area contributed by atoms with Crippen LogP contribution in [0.3, 0.4) is 0 Å². The Labute approximate surface area is 197 Å². The Bertz CT molecular complexity index is 904. The second-order valence-corrected chi connectivity index (χ2v) is 8.22. The van der Waals surface area contributed by atoms with Crippen molar-refractivity contribution < 1.29 is 19.0 Å². The minimum absolute atomic E-state index is 0.104. The highest BCUT2D eigenvalue weighted by atomic mass is 16.5. The van der Waals surface area contributed by atoms with Crippen molar-refractivity contribution in [1.82, 2.24) is 14.7 Å². The number of carbonyl (C=O) groups excluding carboxylic acids is 1.